The van der Waals surface area contributed by atoms with Gasteiger partial charge in [0.25, 0.3) is 5.91 Å². The van der Waals surface area contributed by atoms with Crippen LogP contribution in [0.2, 0.25) is 0 Å². The molecule has 2 aliphatic rings. The number of fused-ring (bicyclic) bond motifs is 1. The van der Waals surface area contributed by atoms with Gasteiger partial charge in [-0.25, -0.2) is 9.59 Å². The number of hydrogen-bond acceptors (Lipinski definition) is 11. The Bertz CT molecular complexity index is 1630. The summed E-state index contributed by atoms with van der Waals surface area (Å²) in [4.78, 5) is 42.8. The van der Waals surface area contributed by atoms with Gasteiger partial charge in [-0.05, 0) is 44.0 Å². The van der Waals surface area contributed by atoms with Crippen LogP contribution in [0.15, 0.2) is 51.7 Å². The summed E-state index contributed by atoms with van der Waals surface area (Å²) < 4.78 is 29.2. The second-order valence-electron chi connectivity index (χ2n) is 10.5. The van der Waals surface area contributed by atoms with Crippen LogP contribution in [0.25, 0.3) is 11.0 Å². The summed E-state index contributed by atoms with van der Waals surface area (Å²) in [6.45, 7) is 1.40. The summed E-state index contributed by atoms with van der Waals surface area (Å²) in [5.74, 6) is 1.28. The SMILES string of the molecule is C#CCONC(=O)O[C@H]1[C@@H](O)[C@H](Oc2ccc3c(O)c(NC(=O)c4ccccc4)c(=O)oc3c2C)OC2(CCCC2)[C@@H]1OC. The largest absolute Gasteiger partial charge is 0.505 e. The summed E-state index contributed by atoms with van der Waals surface area (Å²) in [5, 5.41) is 24.8. The van der Waals surface area contributed by atoms with Crippen molar-refractivity contribution in [1.29, 1.82) is 0 Å². The van der Waals surface area contributed by atoms with E-state index in [0.717, 1.165) is 12.8 Å². The van der Waals surface area contributed by atoms with Crippen LogP contribution >= 0.6 is 0 Å². The molecule has 4 N–H and O–H groups in total. The Balaban J connectivity index is 1.43. The molecule has 1 aliphatic carbocycles. The van der Waals surface area contributed by atoms with Crippen LogP contribution in [0.4, 0.5) is 10.5 Å². The molecule has 2 fully saturated rings. The summed E-state index contributed by atoms with van der Waals surface area (Å²) in [6.07, 6.45) is 2.00. The number of hydrogen-bond donors (Lipinski definition) is 4. The number of carbonyl (C=O) groups is 2. The van der Waals surface area contributed by atoms with Crippen LogP contribution in [0, 0.1) is 19.3 Å². The highest BCUT2D eigenvalue weighted by Gasteiger charge is 2.58. The summed E-state index contributed by atoms with van der Waals surface area (Å²) in [7, 11) is 1.43. The Kier molecular flexibility index (Phi) is 9.07. The van der Waals surface area contributed by atoms with E-state index >= 15 is 0 Å². The number of nitrogens with one attached hydrogen (secondary N) is 2. The smallest absolute Gasteiger partial charge is 0.431 e. The zero-order valence-electron chi connectivity index (χ0n) is 24.0. The van der Waals surface area contributed by atoms with Crippen molar-refractivity contribution < 1.29 is 48.0 Å². The topological polar surface area (TPSA) is 175 Å². The number of aliphatic hydroxyl groups is 1. The molecule has 44 heavy (non-hydrogen) atoms. The van der Waals surface area contributed by atoms with Crippen molar-refractivity contribution in [2.24, 2.45) is 0 Å². The normalized spacial score (nSPS) is 22.3. The van der Waals surface area contributed by atoms with Gasteiger partial charge in [0.2, 0.25) is 6.29 Å². The number of aromatic hydroxyl groups is 1. The lowest BCUT2D eigenvalue weighted by molar-refractivity contribution is -0.313. The molecule has 13 heteroatoms. The van der Waals surface area contributed by atoms with E-state index in [1.165, 1.54) is 19.2 Å². The van der Waals surface area contributed by atoms with E-state index in [2.05, 4.69) is 16.7 Å². The highest BCUT2D eigenvalue weighted by molar-refractivity contribution is 6.06. The predicted molar refractivity (Wildman–Crippen MR) is 155 cm³/mol. The molecule has 1 spiro atoms. The lowest BCUT2D eigenvalue weighted by atomic mass is 9.85. The minimum atomic E-state index is -1.52. The molecule has 13 nitrogen and oxygen atoms in total. The van der Waals surface area contributed by atoms with Crippen molar-refractivity contribution in [3.63, 3.8) is 0 Å². The lowest BCUT2D eigenvalue weighted by Crippen LogP contribution is -2.66. The first-order chi connectivity index (χ1) is 21.2. The Morgan fingerprint density at radius 2 is 1.89 bits per heavy atom. The number of benzene rings is 2. The summed E-state index contributed by atoms with van der Waals surface area (Å²) in [5.41, 5.74) is 0.329. The Morgan fingerprint density at radius 1 is 1.16 bits per heavy atom. The fourth-order valence-corrected chi connectivity index (χ4v) is 5.74. The standard InChI is InChI=1S/C31H32N2O11/c1-4-16-40-33-30(38)43-25-23(35)29(44-31(26(25)39-3)14-8-9-15-31)41-20-13-12-19-22(34)21(28(37)42-24(19)17(20)2)32-27(36)18-10-6-5-7-11-18/h1,5-7,10-13,23,25-26,29,34-35H,8-9,14-16H2,2-3H3,(H,32,36)(H,33,38)/t23-,25+,26-,29-/m1/s1. The quantitative estimate of drug-likeness (QED) is 0.128. The molecule has 1 aromatic heterocycles. The molecule has 2 heterocycles. The van der Waals surface area contributed by atoms with Crippen molar-refractivity contribution in [3.8, 4) is 23.8 Å². The number of amides is 2. The number of ether oxygens (including phenoxy) is 4. The van der Waals surface area contributed by atoms with Gasteiger partial charge in [-0.1, -0.05) is 37.0 Å². The minimum Gasteiger partial charge on any atom is -0.505 e. The number of hydroxylamine groups is 1. The van der Waals surface area contributed by atoms with Gasteiger partial charge in [0.1, 0.15) is 29.6 Å². The first kappa shape index (κ1) is 30.8. The maximum Gasteiger partial charge on any atom is 0.431 e. The Hall–Kier alpha value is -4.61. The molecule has 0 unspecified atom stereocenters. The second kappa shape index (κ2) is 12.9. The fourth-order valence-electron chi connectivity index (χ4n) is 5.74. The lowest BCUT2D eigenvalue weighted by Gasteiger charge is -2.49. The van der Waals surface area contributed by atoms with Crippen LogP contribution < -0.4 is 21.2 Å². The van der Waals surface area contributed by atoms with Crippen LogP contribution in [0.5, 0.6) is 11.5 Å². The number of methoxy groups -OCH3 is 1. The molecular formula is C31H32N2O11. The van der Waals surface area contributed by atoms with Crippen molar-refractivity contribution in [3.05, 3.63) is 64.0 Å². The van der Waals surface area contributed by atoms with Gasteiger partial charge >= 0.3 is 11.7 Å². The number of carbonyl (C=O) groups excluding carboxylic acids is 2. The molecule has 3 aromatic rings. The van der Waals surface area contributed by atoms with Gasteiger partial charge in [0.15, 0.2) is 23.6 Å². The van der Waals surface area contributed by atoms with Gasteiger partial charge in [0, 0.05) is 18.2 Å². The van der Waals surface area contributed by atoms with Crippen LogP contribution in [-0.4, -0.2) is 66.1 Å². The number of anilines is 1. The monoisotopic (exact) mass is 608 g/mol. The molecular weight excluding hydrogens is 576 g/mol. The van der Waals surface area contributed by atoms with Gasteiger partial charge in [0.05, 0.1) is 5.39 Å². The molecule has 0 radical (unpaired) electrons. The second-order valence-corrected chi connectivity index (χ2v) is 10.5. The third-order valence-electron chi connectivity index (χ3n) is 7.81. The van der Waals surface area contributed by atoms with Crippen molar-refractivity contribution >= 4 is 28.7 Å². The molecule has 1 aliphatic heterocycles. The average molecular weight is 609 g/mol. The first-order valence-corrected chi connectivity index (χ1v) is 13.9. The molecule has 4 atom stereocenters. The van der Waals surface area contributed by atoms with E-state index in [9.17, 15) is 24.6 Å². The highest BCUT2D eigenvalue weighted by atomic mass is 16.7. The van der Waals surface area contributed by atoms with Gasteiger partial charge < -0.3 is 38.9 Å². The van der Waals surface area contributed by atoms with Crippen LogP contribution in [0.1, 0.15) is 41.6 Å². The molecule has 232 valence electrons. The van der Waals surface area contributed by atoms with E-state index < -0.39 is 59.3 Å². The first-order valence-electron chi connectivity index (χ1n) is 13.9. The molecule has 1 saturated carbocycles. The Labute approximate surface area is 251 Å². The van der Waals surface area contributed by atoms with Crippen molar-refractivity contribution in [1.82, 2.24) is 5.48 Å². The highest BCUT2D eigenvalue weighted by Crippen LogP contribution is 2.45. The molecule has 1 saturated heterocycles. The van der Waals surface area contributed by atoms with E-state index in [4.69, 9.17) is 34.6 Å². The molecule has 2 aromatic carbocycles. The predicted octanol–water partition coefficient (Wildman–Crippen LogP) is 3.14. The van der Waals surface area contributed by atoms with Crippen molar-refractivity contribution in [2.75, 3.05) is 19.0 Å². The number of terminal acetylenes is 1. The van der Waals surface area contributed by atoms with E-state index in [-0.39, 0.29) is 28.9 Å². The number of rotatable bonds is 8. The third kappa shape index (κ3) is 5.93. The van der Waals surface area contributed by atoms with E-state index in [0.29, 0.717) is 18.4 Å². The average Bonchev–Trinajstić information content (AvgIpc) is 3.48. The van der Waals surface area contributed by atoms with Gasteiger partial charge in [-0.2, -0.15) is 5.48 Å². The maximum atomic E-state index is 12.9. The molecule has 0 bridgehead atoms. The van der Waals surface area contributed by atoms with Gasteiger partial charge in [-0.15, -0.1) is 6.42 Å². The summed E-state index contributed by atoms with van der Waals surface area (Å²) >= 11 is 0. The van der Waals surface area contributed by atoms with Crippen LogP contribution in [-0.2, 0) is 19.0 Å². The zero-order chi connectivity index (χ0) is 31.4. The Morgan fingerprint density at radius 3 is 2.57 bits per heavy atom. The molecule has 2 amide bonds. The summed E-state index contributed by atoms with van der Waals surface area (Å²) in [6, 6.07) is 11.1. The molecule has 5 rings (SSSR count). The van der Waals surface area contributed by atoms with Gasteiger partial charge in [-0.3, -0.25) is 9.63 Å². The van der Waals surface area contributed by atoms with E-state index in [1.54, 1.807) is 37.3 Å². The number of aryl methyl sites for hydroxylation is 1. The third-order valence-corrected chi connectivity index (χ3v) is 7.81. The van der Waals surface area contributed by atoms with Crippen LogP contribution in [0.3, 0.4) is 0 Å². The minimum absolute atomic E-state index is 0.00352. The zero-order valence-corrected chi connectivity index (χ0v) is 24.0. The number of aliphatic hydroxyl groups excluding tert-OH is 1. The maximum absolute atomic E-state index is 12.9. The van der Waals surface area contributed by atoms with E-state index in [1.807, 2.05) is 0 Å². The van der Waals surface area contributed by atoms with Crippen molar-refractivity contribution in [2.45, 2.75) is 62.8 Å². The fraction of sp³-hybridized carbons (Fsp3) is 0.387.